The van der Waals surface area contributed by atoms with Crippen molar-refractivity contribution in [1.29, 1.82) is 0 Å². The molecule has 190 valence electrons. The average Bonchev–Trinajstić information content (AvgIpc) is 2.88. The predicted molar refractivity (Wildman–Crippen MR) is 143 cm³/mol. The second kappa shape index (κ2) is 11.7. The first-order valence-electron chi connectivity index (χ1n) is 11.5. The van der Waals surface area contributed by atoms with Crippen molar-refractivity contribution in [2.24, 2.45) is 0 Å². The standard InChI is InChI=1S/C28H25BrN2O6/c1-18-5-3-6-22(15-18)36-13-4-14-37-24-12-7-19(17-25(24)35-2)16-23-26(32)30-28(34)31(27(23)33)21-10-8-20(29)9-11-21/h3,5-12,15-17H,4,13-14H2,1-2H3,(H,30,32,34)/b23-16-. The number of urea groups is 1. The molecule has 0 saturated carbocycles. The van der Waals surface area contributed by atoms with Crippen molar-refractivity contribution in [1.82, 2.24) is 5.32 Å². The van der Waals surface area contributed by atoms with Gasteiger partial charge in [0.2, 0.25) is 0 Å². The molecule has 0 bridgehead atoms. The van der Waals surface area contributed by atoms with Crippen molar-refractivity contribution in [2.75, 3.05) is 25.2 Å². The molecule has 1 aliphatic rings. The summed E-state index contributed by atoms with van der Waals surface area (Å²) in [5, 5.41) is 2.22. The molecule has 3 aromatic rings. The molecule has 1 fully saturated rings. The van der Waals surface area contributed by atoms with Crippen molar-refractivity contribution in [3.63, 3.8) is 0 Å². The summed E-state index contributed by atoms with van der Waals surface area (Å²) < 4.78 is 17.8. The van der Waals surface area contributed by atoms with Crippen LogP contribution in [0.25, 0.3) is 6.08 Å². The zero-order valence-corrected chi connectivity index (χ0v) is 21.9. The molecule has 4 amide bonds. The van der Waals surface area contributed by atoms with Crippen LogP contribution in [-0.4, -0.2) is 38.2 Å². The topological polar surface area (TPSA) is 94.2 Å². The number of halogens is 1. The van der Waals surface area contributed by atoms with Crippen LogP contribution in [0, 0.1) is 6.92 Å². The van der Waals surface area contributed by atoms with Crippen molar-refractivity contribution < 1.29 is 28.6 Å². The van der Waals surface area contributed by atoms with Crippen LogP contribution >= 0.6 is 15.9 Å². The smallest absolute Gasteiger partial charge is 0.335 e. The fourth-order valence-electron chi connectivity index (χ4n) is 3.68. The summed E-state index contributed by atoms with van der Waals surface area (Å²) >= 11 is 3.32. The SMILES string of the molecule is COc1cc(/C=C2/C(=O)NC(=O)N(c3ccc(Br)cc3)C2=O)ccc1OCCCOc1cccc(C)c1. The molecule has 37 heavy (non-hydrogen) atoms. The number of nitrogens with zero attached hydrogens (tertiary/aromatic N) is 1. The number of carbonyl (C=O) groups is 3. The minimum Gasteiger partial charge on any atom is -0.493 e. The van der Waals surface area contributed by atoms with Gasteiger partial charge in [-0.1, -0.05) is 34.1 Å². The second-order valence-electron chi connectivity index (χ2n) is 8.21. The molecule has 0 atom stereocenters. The highest BCUT2D eigenvalue weighted by Gasteiger charge is 2.36. The molecule has 1 N–H and O–H groups in total. The second-order valence-corrected chi connectivity index (χ2v) is 9.13. The molecule has 0 radical (unpaired) electrons. The monoisotopic (exact) mass is 564 g/mol. The molecule has 0 aliphatic carbocycles. The highest BCUT2D eigenvalue weighted by Crippen LogP contribution is 2.30. The summed E-state index contributed by atoms with van der Waals surface area (Å²) in [5.74, 6) is 0.293. The van der Waals surface area contributed by atoms with Crippen LogP contribution in [-0.2, 0) is 9.59 Å². The van der Waals surface area contributed by atoms with Gasteiger partial charge in [-0.15, -0.1) is 0 Å². The molecule has 0 unspecified atom stereocenters. The summed E-state index contributed by atoms with van der Waals surface area (Å²) in [7, 11) is 1.51. The van der Waals surface area contributed by atoms with Gasteiger partial charge in [0.25, 0.3) is 11.8 Å². The fraction of sp³-hybridized carbons (Fsp3) is 0.179. The number of anilines is 1. The Balaban J connectivity index is 1.43. The van der Waals surface area contributed by atoms with E-state index in [0.717, 1.165) is 20.7 Å². The highest BCUT2D eigenvalue weighted by atomic mass is 79.9. The van der Waals surface area contributed by atoms with Crippen LogP contribution in [0.2, 0.25) is 0 Å². The van der Waals surface area contributed by atoms with Crippen molar-refractivity contribution in [3.05, 3.63) is 87.9 Å². The number of carbonyl (C=O) groups excluding carboxylic acids is 3. The Bertz CT molecular complexity index is 1350. The molecule has 3 aromatic carbocycles. The average molecular weight is 565 g/mol. The minimum absolute atomic E-state index is 0.175. The molecule has 0 spiro atoms. The van der Waals surface area contributed by atoms with Crippen LogP contribution in [0.4, 0.5) is 10.5 Å². The zero-order valence-electron chi connectivity index (χ0n) is 20.3. The van der Waals surface area contributed by atoms with Gasteiger partial charge in [-0.3, -0.25) is 14.9 Å². The molecular formula is C28H25BrN2O6. The number of hydrogen-bond acceptors (Lipinski definition) is 6. The van der Waals surface area contributed by atoms with Crippen LogP contribution in [0.5, 0.6) is 17.2 Å². The van der Waals surface area contributed by atoms with Gasteiger partial charge in [-0.25, -0.2) is 9.69 Å². The lowest BCUT2D eigenvalue weighted by molar-refractivity contribution is -0.122. The van der Waals surface area contributed by atoms with Gasteiger partial charge in [0.1, 0.15) is 11.3 Å². The molecule has 4 rings (SSSR count). The van der Waals surface area contributed by atoms with Gasteiger partial charge in [0, 0.05) is 10.9 Å². The Labute approximate surface area is 223 Å². The third-order valence-corrected chi connectivity index (χ3v) is 6.02. The van der Waals surface area contributed by atoms with E-state index in [2.05, 4.69) is 21.2 Å². The van der Waals surface area contributed by atoms with Gasteiger partial charge < -0.3 is 14.2 Å². The minimum atomic E-state index is -0.804. The highest BCUT2D eigenvalue weighted by molar-refractivity contribution is 9.10. The van der Waals surface area contributed by atoms with Crippen LogP contribution in [0.15, 0.2) is 76.8 Å². The first-order chi connectivity index (χ1) is 17.9. The summed E-state index contributed by atoms with van der Waals surface area (Å²) in [5.41, 5.74) is 1.84. The quantitative estimate of drug-likeness (QED) is 0.216. The van der Waals surface area contributed by atoms with E-state index in [1.807, 2.05) is 31.2 Å². The Morgan fingerprint density at radius 3 is 2.41 bits per heavy atom. The van der Waals surface area contributed by atoms with E-state index in [9.17, 15) is 14.4 Å². The van der Waals surface area contributed by atoms with E-state index in [-0.39, 0.29) is 5.57 Å². The van der Waals surface area contributed by atoms with Gasteiger partial charge in [0.05, 0.1) is 26.0 Å². The van der Waals surface area contributed by atoms with Gasteiger partial charge in [0.15, 0.2) is 11.5 Å². The van der Waals surface area contributed by atoms with Crippen molar-refractivity contribution >= 4 is 45.5 Å². The molecule has 9 heteroatoms. The molecule has 0 aromatic heterocycles. The predicted octanol–water partition coefficient (Wildman–Crippen LogP) is 5.28. The number of aryl methyl sites for hydroxylation is 1. The van der Waals surface area contributed by atoms with Crippen LogP contribution in [0.1, 0.15) is 17.5 Å². The number of methoxy groups -OCH3 is 1. The van der Waals surface area contributed by atoms with Gasteiger partial charge in [-0.2, -0.15) is 0 Å². The number of hydrogen-bond donors (Lipinski definition) is 1. The normalized spacial score (nSPS) is 14.5. The van der Waals surface area contributed by atoms with E-state index in [0.29, 0.717) is 42.4 Å². The number of nitrogens with one attached hydrogen (secondary N) is 1. The third-order valence-electron chi connectivity index (χ3n) is 5.49. The third kappa shape index (κ3) is 6.37. The van der Waals surface area contributed by atoms with E-state index in [1.54, 1.807) is 42.5 Å². The number of ether oxygens (including phenoxy) is 3. The Hall–Kier alpha value is -4.11. The maximum atomic E-state index is 13.1. The van der Waals surface area contributed by atoms with Crippen LogP contribution < -0.4 is 24.4 Å². The van der Waals surface area contributed by atoms with E-state index >= 15 is 0 Å². The molecular weight excluding hydrogens is 540 g/mol. The Kier molecular flexibility index (Phi) is 8.25. The Morgan fingerprint density at radius 2 is 1.68 bits per heavy atom. The number of imide groups is 2. The van der Waals surface area contributed by atoms with E-state index < -0.39 is 17.8 Å². The number of benzene rings is 3. The summed E-state index contributed by atoms with van der Waals surface area (Å²) in [4.78, 5) is 38.8. The fourth-order valence-corrected chi connectivity index (χ4v) is 3.94. The van der Waals surface area contributed by atoms with Crippen molar-refractivity contribution in [2.45, 2.75) is 13.3 Å². The van der Waals surface area contributed by atoms with E-state index in [1.165, 1.54) is 13.2 Å². The molecule has 1 saturated heterocycles. The van der Waals surface area contributed by atoms with Crippen molar-refractivity contribution in [3.8, 4) is 17.2 Å². The molecule has 1 heterocycles. The summed E-state index contributed by atoms with van der Waals surface area (Å²) in [6.45, 7) is 2.92. The lowest BCUT2D eigenvalue weighted by Crippen LogP contribution is -2.54. The van der Waals surface area contributed by atoms with E-state index in [4.69, 9.17) is 14.2 Å². The number of barbiturate groups is 1. The zero-order chi connectivity index (χ0) is 26.4. The molecule has 1 aliphatic heterocycles. The van der Waals surface area contributed by atoms with Crippen LogP contribution in [0.3, 0.4) is 0 Å². The number of amides is 4. The number of rotatable bonds is 9. The summed E-state index contributed by atoms with van der Waals surface area (Å²) in [6, 6.07) is 18.7. The largest absolute Gasteiger partial charge is 0.493 e. The Morgan fingerprint density at radius 1 is 0.919 bits per heavy atom. The first-order valence-corrected chi connectivity index (χ1v) is 12.3. The molecule has 8 nitrogen and oxygen atoms in total. The summed E-state index contributed by atoms with van der Waals surface area (Å²) in [6.07, 6.45) is 2.08. The lowest BCUT2D eigenvalue weighted by Gasteiger charge is -2.26. The van der Waals surface area contributed by atoms with Gasteiger partial charge in [-0.05, 0) is 72.7 Å². The maximum absolute atomic E-state index is 13.1. The maximum Gasteiger partial charge on any atom is 0.335 e. The van der Waals surface area contributed by atoms with Gasteiger partial charge >= 0.3 is 6.03 Å². The first kappa shape index (κ1) is 26.0. The lowest BCUT2D eigenvalue weighted by atomic mass is 10.1.